The minimum Gasteiger partial charge on any atom is -0.458 e. The van der Waals surface area contributed by atoms with Gasteiger partial charge in [-0.3, -0.25) is 14.4 Å². The zero-order chi connectivity index (χ0) is 23.7. The molecule has 0 radical (unpaired) electrons. The zero-order valence-electron chi connectivity index (χ0n) is 17.7. The molecule has 0 spiro atoms. The summed E-state index contributed by atoms with van der Waals surface area (Å²) in [4.78, 5) is 40.4. The minimum absolute atomic E-state index is 0.326. The van der Waals surface area contributed by atoms with Gasteiger partial charge in [0.1, 0.15) is 18.2 Å². The van der Waals surface area contributed by atoms with Gasteiger partial charge in [0, 0.05) is 37.2 Å². The van der Waals surface area contributed by atoms with Gasteiger partial charge in [-0.1, -0.05) is 10.2 Å². The number of carbonyl (C=O) groups excluding carboxylic acids is 3. The van der Waals surface area contributed by atoms with Crippen molar-refractivity contribution in [3.05, 3.63) is 20.9 Å². The molecule has 0 aromatic rings. The van der Waals surface area contributed by atoms with E-state index in [1.165, 1.54) is 6.92 Å². The Balaban J connectivity index is 2.42. The van der Waals surface area contributed by atoms with E-state index in [2.05, 4.69) is 20.1 Å². The van der Waals surface area contributed by atoms with Crippen molar-refractivity contribution < 1.29 is 42.8 Å². The lowest BCUT2D eigenvalue weighted by atomic mass is 9.96. The van der Waals surface area contributed by atoms with Crippen molar-refractivity contribution in [1.29, 1.82) is 0 Å². The summed E-state index contributed by atoms with van der Waals surface area (Å²) < 4.78 is 32.8. The highest BCUT2D eigenvalue weighted by molar-refractivity contribution is 5.67. The molecule has 2 aliphatic heterocycles. The highest BCUT2D eigenvalue weighted by Crippen LogP contribution is 2.32. The lowest BCUT2D eigenvalue weighted by Crippen LogP contribution is -2.61. The van der Waals surface area contributed by atoms with Crippen LogP contribution in [0.3, 0.4) is 0 Å². The first-order valence-corrected chi connectivity index (χ1v) is 9.76. The van der Waals surface area contributed by atoms with Crippen molar-refractivity contribution in [1.82, 2.24) is 0 Å². The van der Waals surface area contributed by atoms with Crippen molar-refractivity contribution >= 4 is 17.9 Å². The number of azide groups is 2. The third kappa shape index (κ3) is 6.97. The normalized spacial score (nSPS) is 30.2. The molecule has 2 saturated heterocycles. The molecular formula is C17H24N6O9. The molecule has 2 fully saturated rings. The van der Waals surface area contributed by atoms with E-state index in [0.29, 0.717) is 19.4 Å². The first-order valence-electron chi connectivity index (χ1n) is 9.76. The molecule has 0 aromatic heterocycles. The first-order chi connectivity index (χ1) is 15.3. The monoisotopic (exact) mass is 456 g/mol. The van der Waals surface area contributed by atoms with Crippen molar-refractivity contribution in [3.63, 3.8) is 0 Å². The highest BCUT2D eigenvalue weighted by Gasteiger charge is 2.51. The smallest absolute Gasteiger partial charge is 0.305 e. The third-order valence-corrected chi connectivity index (χ3v) is 4.55. The van der Waals surface area contributed by atoms with Gasteiger partial charge in [-0.05, 0) is 23.9 Å². The molecular weight excluding hydrogens is 432 g/mol. The van der Waals surface area contributed by atoms with Crippen molar-refractivity contribution in [2.45, 2.75) is 76.7 Å². The summed E-state index contributed by atoms with van der Waals surface area (Å²) in [5.41, 5.74) is 17.8. The molecule has 7 atom stereocenters. The zero-order valence-corrected chi connectivity index (χ0v) is 17.7. The van der Waals surface area contributed by atoms with Gasteiger partial charge in [0.15, 0.2) is 18.5 Å². The maximum absolute atomic E-state index is 11.7. The number of rotatable bonds is 9. The van der Waals surface area contributed by atoms with Crippen LogP contribution in [0.1, 0.15) is 33.6 Å². The second-order valence-corrected chi connectivity index (χ2v) is 6.97. The van der Waals surface area contributed by atoms with Gasteiger partial charge in [-0.15, -0.1) is 0 Å². The van der Waals surface area contributed by atoms with Crippen molar-refractivity contribution in [2.75, 3.05) is 13.2 Å². The Labute approximate surface area is 182 Å². The molecule has 0 N–H and O–H groups in total. The number of ether oxygens (including phenoxy) is 6. The molecule has 3 unspecified atom stereocenters. The van der Waals surface area contributed by atoms with E-state index in [9.17, 15) is 14.4 Å². The van der Waals surface area contributed by atoms with Crippen LogP contribution in [0.5, 0.6) is 0 Å². The average Bonchev–Trinajstić information content (AvgIpc) is 3.24. The Hall–Kier alpha value is -3.09. The van der Waals surface area contributed by atoms with E-state index in [0.717, 1.165) is 13.8 Å². The Morgan fingerprint density at radius 3 is 2.28 bits per heavy atom. The Kier molecular flexibility index (Phi) is 9.50. The summed E-state index contributed by atoms with van der Waals surface area (Å²) in [6.07, 6.45) is -5.75. The van der Waals surface area contributed by atoms with Crippen LogP contribution >= 0.6 is 0 Å². The molecule has 2 rings (SSSR count). The maximum atomic E-state index is 11.7. The Morgan fingerprint density at radius 1 is 1.06 bits per heavy atom. The fraction of sp³-hybridized carbons (Fsp3) is 0.824. The van der Waals surface area contributed by atoms with Crippen LogP contribution in [0.15, 0.2) is 10.2 Å². The van der Waals surface area contributed by atoms with Crippen molar-refractivity contribution in [2.24, 2.45) is 10.2 Å². The molecule has 2 aliphatic rings. The topological polar surface area (TPSA) is 204 Å². The fourth-order valence-corrected chi connectivity index (χ4v) is 3.41. The van der Waals surface area contributed by atoms with Gasteiger partial charge >= 0.3 is 17.9 Å². The largest absolute Gasteiger partial charge is 0.458 e. The molecule has 2 heterocycles. The Morgan fingerprint density at radius 2 is 1.75 bits per heavy atom. The molecule has 0 bridgehead atoms. The molecule has 0 aromatic carbocycles. The third-order valence-electron chi connectivity index (χ3n) is 4.55. The fourth-order valence-electron chi connectivity index (χ4n) is 3.41. The van der Waals surface area contributed by atoms with Gasteiger partial charge in [0.05, 0.1) is 6.54 Å². The molecule has 0 saturated carbocycles. The van der Waals surface area contributed by atoms with E-state index >= 15 is 0 Å². The van der Waals surface area contributed by atoms with Crippen LogP contribution < -0.4 is 0 Å². The van der Waals surface area contributed by atoms with E-state index in [1.54, 1.807) is 0 Å². The van der Waals surface area contributed by atoms with Gasteiger partial charge in [0.2, 0.25) is 6.29 Å². The van der Waals surface area contributed by atoms with Crippen LogP contribution in [0, 0.1) is 0 Å². The quantitative estimate of drug-likeness (QED) is 0.123. The van der Waals surface area contributed by atoms with Crippen LogP contribution in [-0.2, 0) is 42.8 Å². The molecule has 0 amide bonds. The van der Waals surface area contributed by atoms with Crippen LogP contribution in [-0.4, -0.2) is 74.1 Å². The number of esters is 3. The van der Waals surface area contributed by atoms with Gasteiger partial charge in [-0.2, -0.15) is 0 Å². The average molecular weight is 456 g/mol. The molecule has 0 aliphatic carbocycles. The molecule has 176 valence electrons. The summed E-state index contributed by atoms with van der Waals surface area (Å²) in [5.74, 6) is -2.15. The maximum Gasteiger partial charge on any atom is 0.305 e. The highest BCUT2D eigenvalue weighted by atomic mass is 16.8. The number of carbonyl (C=O) groups is 3. The van der Waals surface area contributed by atoms with E-state index < -0.39 is 60.9 Å². The summed E-state index contributed by atoms with van der Waals surface area (Å²) in [7, 11) is 0. The Bertz CT molecular complexity index is 791. The second kappa shape index (κ2) is 12.1. The predicted molar refractivity (Wildman–Crippen MR) is 102 cm³/mol. The molecule has 15 heteroatoms. The predicted octanol–water partition coefficient (Wildman–Crippen LogP) is 1.65. The van der Waals surface area contributed by atoms with Crippen LogP contribution in [0.25, 0.3) is 20.9 Å². The summed E-state index contributed by atoms with van der Waals surface area (Å²) in [6.45, 7) is 3.52. The molecule has 15 nitrogen and oxygen atoms in total. The number of hydrogen-bond acceptors (Lipinski definition) is 11. The number of nitrogens with zero attached hydrogens (tertiary/aromatic N) is 6. The van der Waals surface area contributed by atoms with Crippen LogP contribution in [0.4, 0.5) is 0 Å². The van der Waals surface area contributed by atoms with Gasteiger partial charge in [-0.25, -0.2) is 0 Å². The summed E-state index contributed by atoms with van der Waals surface area (Å²) in [5, 5.41) is 7.04. The number of hydrogen-bond donors (Lipinski definition) is 0. The second-order valence-electron chi connectivity index (χ2n) is 6.97. The van der Waals surface area contributed by atoms with E-state index in [1.807, 2.05) is 0 Å². The van der Waals surface area contributed by atoms with Gasteiger partial charge < -0.3 is 28.4 Å². The molecule has 32 heavy (non-hydrogen) atoms. The first kappa shape index (κ1) is 25.2. The summed E-state index contributed by atoms with van der Waals surface area (Å²) >= 11 is 0. The SMILES string of the molecule is CC(=O)OC(O[C@H]1O[C@@H](CN=[N+]=[N-])[C@@H](OC(C)=O)[C@H](OC(C)=O)C1N=[N+]=[N-])C1CCCO1. The van der Waals surface area contributed by atoms with E-state index in [-0.39, 0.29) is 6.54 Å². The minimum atomic E-state index is -1.42. The van der Waals surface area contributed by atoms with E-state index in [4.69, 9.17) is 39.5 Å². The standard InChI is InChI=1S/C17H24N6O9/c1-8(24)28-14-12(7-20-22-18)31-17(13(21-23-19)15(14)29-9(2)25)32-16(30-10(3)26)11-5-4-6-27-11/h11-17H,4-7H2,1-3H3/t11?,12-,13?,14+,15+,16?,17+/m0/s1. The lowest BCUT2D eigenvalue weighted by molar-refractivity contribution is -0.314. The van der Waals surface area contributed by atoms with Gasteiger partial charge in [0.25, 0.3) is 0 Å². The lowest BCUT2D eigenvalue weighted by Gasteiger charge is -2.44. The summed E-state index contributed by atoms with van der Waals surface area (Å²) in [6, 6.07) is -1.34. The van der Waals surface area contributed by atoms with Crippen molar-refractivity contribution in [3.8, 4) is 0 Å². The van der Waals surface area contributed by atoms with Crippen LogP contribution in [0.2, 0.25) is 0 Å².